The first kappa shape index (κ1) is 91.4. The van der Waals surface area contributed by atoms with Gasteiger partial charge in [-0.2, -0.15) is 0 Å². The van der Waals surface area contributed by atoms with Crippen molar-refractivity contribution in [3.8, 4) is 0 Å². The van der Waals surface area contributed by atoms with Crippen molar-refractivity contribution in [2.75, 3.05) is 64.7 Å². The second-order valence-corrected chi connectivity index (χ2v) is 41.6. The molecular formula is C89H111N15O15S6. The van der Waals surface area contributed by atoms with Crippen LogP contribution < -0.4 is 71.6 Å². The molecule has 13 amide bonds. The number of carbonyl (C=O) groups excluding carboxylic acids is 13. The average Bonchev–Trinajstić information content (AvgIpc) is 1.68. The number of rotatable bonds is 21. The number of anilines is 6. The molecule has 7 aromatic rings. The third kappa shape index (κ3) is 23.3. The number of thiophene rings is 6. The number of nitrogens with two attached hydrogens (primary N) is 6. The summed E-state index contributed by atoms with van der Waals surface area (Å²) in [4.78, 5) is 165. The molecule has 0 spiro atoms. The smallest absolute Gasteiger partial charge is 0.410 e. The van der Waals surface area contributed by atoms with Crippen LogP contribution in [0.5, 0.6) is 0 Å². The highest BCUT2D eigenvalue weighted by atomic mass is 32.1. The number of primary amides is 6. The summed E-state index contributed by atoms with van der Waals surface area (Å²) >= 11 is 8.79. The Kier molecular flexibility index (Phi) is 29.3. The summed E-state index contributed by atoms with van der Waals surface area (Å²) < 4.78 is 10.8. The molecule has 6 aromatic heterocycles. The van der Waals surface area contributed by atoms with Gasteiger partial charge in [-0.3, -0.25) is 62.4 Å². The van der Waals surface area contributed by atoms with E-state index in [4.69, 9.17) is 43.9 Å². The first-order valence-corrected chi connectivity index (χ1v) is 48.3. The molecule has 4 aliphatic heterocycles. The van der Waals surface area contributed by atoms with E-state index in [0.29, 0.717) is 108 Å². The number of fused-ring (bicyclic) bond motifs is 6. The molecule has 12 aliphatic rings. The maximum atomic E-state index is 12.3. The van der Waals surface area contributed by atoms with Gasteiger partial charge in [0.25, 0.3) is 35.4 Å². The van der Waals surface area contributed by atoms with Gasteiger partial charge in [-0.05, 0) is 226 Å². The highest BCUT2D eigenvalue weighted by molar-refractivity contribution is 7.18. The monoisotopic (exact) mass is 1820 g/mol. The van der Waals surface area contributed by atoms with Crippen LogP contribution in [0, 0.1) is 35.5 Å². The number of hydrogen-bond donors (Lipinski definition) is 13. The molecule has 1 aromatic carbocycles. The molecule has 10 heterocycles. The van der Waals surface area contributed by atoms with Gasteiger partial charge >= 0.3 is 6.09 Å². The molecule has 0 saturated heterocycles. The number of carbonyl (C=O) groups is 13. The van der Waals surface area contributed by atoms with Gasteiger partial charge in [0.15, 0.2) is 0 Å². The summed E-state index contributed by atoms with van der Waals surface area (Å²) in [6.45, 7) is 13.8. The number of nitrogens with zero attached hydrogens (tertiary/aromatic N) is 2. The normalized spacial score (nSPS) is 18.3. The number of aryl methyl sites for hydroxylation is 2. The van der Waals surface area contributed by atoms with Gasteiger partial charge in [0.1, 0.15) is 35.6 Å². The van der Waals surface area contributed by atoms with Gasteiger partial charge in [-0.1, -0.05) is 43.7 Å². The molecule has 6 saturated carbocycles. The van der Waals surface area contributed by atoms with Crippen LogP contribution >= 0.6 is 68.0 Å². The SMILES string of the molecule is CC(C)(C)OC(=O)N1CCc2c(sc(NC(=O)C3CC3)c2C(N)=O)C1.CC1CCCc2sc(NC(=O)C3CC3)c(C(N)=O)c21.NC(=O)c1c(NC(=O)C2CC2)sc2c1CCCCC2.NC(=O)c1c(NC(=O)C2CC2)sc2c1CCN(CCc1ccccc1)C2.NC(=O)c1c(NC(=O)C2CC2)sc2c1CCNC2.NC(=O)c1c(NC(=O)C2CC2)sc2c1CCOC2. The number of ether oxygens (including phenoxy) is 2. The van der Waals surface area contributed by atoms with Crippen molar-refractivity contribution >= 4 is 175 Å². The zero-order chi connectivity index (χ0) is 88.8. The first-order valence-electron chi connectivity index (χ1n) is 43.4. The Labute approximate surface area is 749 Å². The van der Waals surface area contributed by atoms with Gasteiger partial charge in [-0.25, -0.2) is 4.79 Å². The van der Waals surface area contributed by atoms with E-state index in [2.05, 4.69) is 73.3 Å². The summed E-state index contributed by atoms with van der Waals surface area (Å²) in [6.07, 6.45) is 23.3. The van der Waals surface area contributed by atoms with Gasteiger partial charge in [0, 0.05) is 97.5 Å². The van der Waals surface area contributed by atoms with Crippen molar-refractivity contribution in [1.29, 1.82) is 0 Å². The molecule has 0 bridgehead atoms. The lowest BCUT2D eigenvalue weighted by atomic mass is 9.86. The van der Waals surface area contributed by atoms with E-state index < -0.39 is 41.0 Å². The van der Waals surface area contributed by atoms with Crippen LogP contribution in [-0.2, 0) is 116 Å². The zero-order valence-corrected chi connectivity index (χ0v) is 75.8. The highest BCUT2D eigenvalue weighted by Gasteiger charge is 2.41. The van der Waals surface area contributed by atoms with Crippen LogP contribution in [0.4, 0.5) is 34.8 Å². The Bertz CT molecular complexity index is 5240. The lowest BCUT2D eigenvalue weighted by molar-refractivity contribution is -0.118. The fourth-order valence-electron chi connectivity index (χ4n) is 16.1. The lowest BCUT2D eigenvalue weighted by Gasteiger charge is -2.30. The van der Waals surface area contributed by atoms with Crippen molar-refractivity contribution in [2.24, 2.45) is 69.9 Å². The van der Waals surface area contributed by atoms with E-state index in [1.807, 2.05) is 26.8 Å². The summed E-state index contributed by atoms with van der Waals surface area (Å²) in [6, 6.07) is 10.5. The second kappa shape index (κ2) is 40.0. The molecule has 125 heavy (non-hydrogen) atoms. The number of hydrogen-bond acceptors (Lipinski definition) is 23. The summed E-state index contributed by atoms with van der Waals surface area (Å²) in [5, 5.41) is 24.3. The fraction of sp³-hybridized carbons (Fsp3) is 0.517. The third-order valence-corrected chi connectivity index (χ3v) is 30.6. The number of amides is 13. The van der Waals surface area contributed by atoms with Crippen LogP contribution in [0.3, 0.4) is 0 Å². The van der Waals surface area contributed by atoms with Crippen molar-refractivity contribution in [3.05, 3.63) is 132 Å². The van der Waals surface area contributed by atoms with Crippen LogP contribution in [0.1, 0.15) is 273 Å². The quantitative estimate of drug-likeness (QED) is 0.0297. The Morgan fingerprint density at radius 3 is 1.24 bits per heavy atom. The Morgan fingerprint density at radius 1 is 0.416 bits per heavy atom. The summed E-state index contributed by atoms with van der Waals surface area (Å²) in [5.74, 6) is -1.66. The van der Waals surface area contributed by atoms with E-state index in [1.165, 1.54) is 78.4 Å². The summed E-state index contributed by atoms with van der Waals surface area (Å²) in [5.41, 5.74) is 42.9. The number of nitrogens with one attached hydrogen (secondary N) is 7. The van der Waals surface area contributed by atoms with E-state index in [-0.39, 0.29) is 77.0 Å². The minimum atomic E-state index is -0.561. The van der Waals surface area contributed by atoms with Gasteiger partial charge in [0.05, 0.1) is 53.1 Å². The van der Waals surface area contributed by atoms with Crippen LogP contribution in [0.15, 0.2) is 30.3 Å². The third-order valence-electron chi connectivity index (χ3n) is 23.7. The minimum Gasteiger partial charge on any atom is -0.444 e. The van der Waals surface area contributed by atoms with Crippen LogP contribution in [-0.4, -0.2) is 125 Å². The molecule has 1 atom stereocenters. The molecule has 668 valence electrons. The van der Waals surface area contributed by atoms with Crippen LogP contribution in [0.25, 0.3) is 0 Å². The van der Waals surface area contributed by atoms with Crippen molar-refractivity contribution in [1.82, 2.24) is 15.1 Å². The van der Waals surface area contributed by atoms with E-state index >= 15 is 0 Å². The van der Waals surface area contributed by atoms with Gasteiger partial charge in [-0.15, -0.1) is 68.0 Å². The lowest BCUT2D eigenvalue weighted by Crippen LogP contribution is -2.39. The average molecular weight is 1820 g/mol. The van der Waals surface area contributed by atoms with E-state index in [9.17, 15) is 62.3 Å². The van der Waals surface area contributed by atoms with Gasteiger partial charge in [0.2, 0.25) is 35.4 Å². The Morgan fingerprint density at radius 2 is 0.792 bits per heavy atom. The molecule has 1 unspecified atom stereocenters. The fourth-order valence-corrected chi connectivity index (χ4v) is 23.8. The molecule has 19 N–H and O–H groups in total. The molecule has 30 nitrogen and oxygen atoms in total. The number of benzene rings is 1. The largest absolute Gasteiger partial charge is 0.444 e. The molecule has 6 fully saturated rings. The maximum Gasteiger partial charge on any atom is 0.410 e. The molecule has 8 aliphatic carbocycles. The van der Waals surface area contributed by atoms with Crippen molar-refractivity contribution < 1.29 is 71.8 Å². The molecule has 19 rings (SSSR count). The molecular weight excluding hydrogens is 1710 g/mol. The highest BCUT2D eigenvalue weighted by Crippen LogP contribution is 2.47. The standard InChI is InChI=1S/C20H23N3O2S.C17H23N3O4S.2C14H18N2O2S.C12H15N3O2S.C12H14N2O3S/c21-18(24)17-15-9-11-23(10-8-13-4-2-1-3-5-13)12-16(15)26-20(17)22-19(25)14-6-7-14;1-17(2,3)24-16(23)20-7-6-10-11(8-20)25-15(12(10)13(18)21)19-14(22)9-4-5-9;1-7-3-2-4-9-10(7)11(12(15)17)14(19-9)16-13(18)8-5-6-8;15-12(17)11-9-4-2-1-3-5-10(9)19-14(11)16-13(18)8-6-7-8;13-10(16)9-7-3-4-14-5-8(7)18-12(9)15-11(17)6-1-2-6;13-10(15)9-7-3-4-17-5-8(7)18-12(9)14-11(16)6-1-2-6/h1-5,14H,6-12H2,(H2,21,24)(H,22,25);9H,4-8H2,1-3H3,(H2,18,21)(H,19,22);7-8H,2-6H2,1H3,(H2,15,17)(H,16,18);8H,1-7H2,(H2,15,17)(H,16,18);6,14H,1-5H2,(H2,13,16)(H,15,17);6H,1-5H2,(H2,13,15)(H,14,16). The van der Waals surface area contributed by atoms with Gasteiger partial charge < -0.3 is 86.0 Å². The van der Waals surface area contributed by atoms with E-state index in [1.54, 1.807) is 16.2 Å². The maximum absolute atomic E-state index is 12.3. The molecule has 0 radical (unpaired) electrons. The van der Waals surface area contributed by atoms with Crippen molar-refractivity contribution in [3.63, 3.8) is 0 Å². The predicted molar refractivity (Wildman–Crippen MR) is 486 cm³/mol. The second-order valence-electron chi connectivity index (χ2n) is 34.9. The van der Waals surface area contributed by atoms with Crippen molar-refractivity contribution in [2.45, 2.75) is 226 Å². The van der Waals surface area contributed by atoms with Crippen LogP contribution in [0.2, 0.25) is 0 Å². The summed E-state index contributed by atoms with van der Waals surface area (Å²) in [7, 11) is 0. The first-order chi connectivity index (χ1) is 59.8. The Hall–Kier alpha value is -9.79. The predicted octanol–water partition coefficient (Wildman–Crippen LogP) is 12.5. The topological polar surface area (TPSA) is 487 Å². The minimum absolute atomic E-state index is 0.00276. The molecule has 36 heteroatoms. The van der Waals surface area contributed by atoms with E-state index in [0.717, 1.165) is 227 Å². The zero-order valence-electron chi connectivity index (χ0n) is 70.9. The Balaban J connectivity index is 0.000000123.